The Balaban J connectivity index is 1.39. The second-order valence-corrected chi connectivity index (χ2v) is 11.7. The van der Waals surface area contributed by atoms with Gasteiger partial charge in [-0.1, -0.05) is 50.2 Å². The lowest BCUT2D eigenvalue weighted by atomic mass is 9.82. The fraction of sp³-hybridized carbons (Fsp3) is 0.593. The molecule has 4 nitrogen and oxygen atoms in total. The van der Waals surface area contributed by atoms with Crippen molar-refractivity contribution in [2.75, 3.05) is 26.2 Å². The second kappa shape index (κ2) is 7.31. The van der Waals surface area contributed by atoms with Crippen LogP contribution in [0.4, 0.5) is 0 Å². The molecule has 2 fully saturated rings. The van der Waals surface area contributed by atoms with Crippen LogP contribution in [0.2, 0.25) is 0 Å². The maximum atomic E-state index is 5.86. The molecule has 2 saturated heterocycles. The number of rotatable bonds is 2. The molecule has 0 N–H and O–H groups in total. The first-order valence-electron chi connectivity index (χ1n) is 11.9. The Morgan fingerprint density at radius 2 is 1.58 bits per heavy atom. The molecule has 31 heavy (non-hydrogen) atoms. The maximum Gasteiger partial charge on any atom is 0.168 e. The van der Waals surface area contributed by atoms with E-state index in [1.807, 2.05) is 0 Å². The molecule has 0 aliphatic carbocycles. The van der Waals surface area contributed by atoms with Crippen LogP contribution >= 0.6 is 0 Å². The number of piperidine rings is 1. The lowest BCUT2D eigenvalue weighted by Gasteiger charge is -2.49. The third-order valence-electron chi connectivity index (χ3n) is 7.50. The van der Waals surface area contributed by atoms with E-state index >= 15 is 0 Å². The third-order valence-corrected chi connectivity index (χ3v) is 7.50. The van der Waals surface area contributed by atoms with E-state index < -0.39 is 0 Å². The Kier molecular flexibility index (Phi) is 4.95. The van der Waals surface area contributed by atoms with Gasteiger partial charge in [0.2, 0.25) is 0 Å². The number of nitrogens with zero attached hydrogens (tertiary/aromatic N) is 3. The molecule has 3 heterocycles. The molecule has 4 heteroatoms. The van der Waals surface area contributed by atoms with Crippen LogP contribution in [0.3, 0.4) is 0 Å². The highest BCUT2D eigenvalue weighted by Gasteiger charge is 2.37. The Morgan fingerprint density at radius 3 is 2.19 bits per heavy atom. The molecule has 0 atom stereocenters. The van der Waals surface area contributed by atoms with Gasteiger partial charge in [0.15, 0.2) is 5.58 Å². The van der Waals surface area contributed by atoms with Crippen molar-refractivity contribution >= 4 is 21.7 Å². The molecular weight excluding hydrogens is 382 g/mol. The molecule has 166 valence electrons. The van der Waals surface area contributed by atoms with Gasteiger partial charge >= 0.3 is 0 Å². The van der Waals surface area contributed by atoms with E-state index in [2.05, 4.69) is 86.8 Å². The topological polar surface area (TPSA) is 32.5 Å². The zero-order valence-corrected chi connectivity index (χ0v) is 20.0. The summed E-state index contributed by atoms with van der Waals surface area (Å²) in [5, 5.41) is 8.34. The molecular formula is C27H37N3O. The molecule has 0 radical (unpaired) electrons. The molecule has 5 rings (SSSR count). The Hall–Kier alpha value is -1.91. The summed E-state index contributed by atoms with van der Waals surface area (Å²) < 4.78 is 5.86. The van der Waals surface area contributed by atoms with Crippen molar-refractivity contribution in [3.63, 3.8) is 0 Å². The number of likely N-dealkylation sites (tertiary alicyclic amines) is 2. The van der Waals surface area contributed by atoms with Crippen LogP contribution in [0.5, 0.6) is 0 Å². The van der Waals surface area contributed by atoms with Gasteiger partial charge in [0, 0.05) is 49.1 Å². The number of hydrogen-bond donors (Lipinski definition) is 0. The Morgan fingerprint density at radius 1 is 0.935 bits per heavy atom. The van der Waals surface area contributed by atoms with Crippen LogP contribution in [0.15, 0.2) is 34.9 Å². The molecule has 0 spiro atoms. The van der Waals surface area contributed by atoms with Crippen molar-refractivity contribution < 1.29 is 4.52 Å². The minimum absolute atomic E-state index is 0.0370. The first-order valence-corrected chi connectivity index (χ1v) is 11.9. The molecule has 0 saturated carbocycles. The number of fused-ring (bicyclic) bond motifs is 3. The summed E-state index contributed by atoms with van der Waals surface area (Å²) in [6.45, 7) is 18.4. The lowest BCUT2D eigenvalue weighted by Crippen LogP contribution is -2.56. The zero-order chi connectivity index (χ0) is 22.0. The standard InChI is InChI=1S/C27H37N3O/c1-26(2,3)25-24-21-10-8-7-9-20(21)22(15-23(24)31-28-25)18-16-29(17-18)19-11-13-30(14-12-19)27(4,5)6/h7-10,15,18-19H,11-14,16-17H2,1-6H3. The zero-order valence-electron chi connectivity index (χ0n) is 20.0. The fourth-order valence-electron chi connectivity index (χ4n) is 5.59. The average molecular weight is 420 g/mol. The van der Waals surface area contributed by atoms with Crippen molar-refractivity contribution in [3.05, 3.63) is 41.6 Å². The van der Waals surface area contributed by atoms with Gasteiger partial charge in [-0.15, -0.1) is 0 Å². The molecule has 0 amide bonds. The maximum absolute atomic E-state index is 5.86. The van der Waals surface area contributed by atoms with Gasteiger partial charge in [-0.2, -0.15) is 0 Å². The quantitative estimate of drug-likeness (QED) is 0.514. The van der Waals surface area contributed by atoms with Crippen molar-refractivity contribution in [3.8, 4) is 0 Å². The average Bonchev–Trinajstić information content (AvgIpc) is 3.11. The molecule has 3 aromatic rings. The van der Waals surface area contributed by atoms with Crippen molar-refractivity contribution in [1.29, 1.82) is 0 Å². The summed E-state index contributed by atoms with van der Waals surface area (Å²) in [6, 6.07) is 11.9. The number of benzene rings is 2. The van der Waals surface area contributed by atoms with E-state index in [4.69, 9.17) is 4.52 Å². The number of aromatic nitrogens is 1. The molecule has 2 aromatic carbocycles. The van der Waals surface area contributed by atoms with Gasteiger partial charge in [-0.3, -0.25) is 9.80 Å². The summed E-state index contributed by atoms with van der Waals surface area (Å²) in [5.41, 5.74) is 3.69. The van der Waals surface area contributed by atoms with Gasteiger partial charge < -0.3 is 4.52 Å². The third kappa shape index (κ3) is 3.68. The minimum atomic E-state index is -0.0370. The monoisotopic (exact) mass is 419 g/mol. The SMILES string of the molecule is CC(C)(C)c1noc2cc(C3CN(C4CCN(C(C)(C)C)CC4)C3)c3ccccc3c12. The van der Waals surface area contributed by atoms with Gasteiger partial charge in [0.05, 0.1) is 11.1 Å². The van der Waals surface area contributed by atoms with Gasteiger partial charge in [-0.05, 0) is 56.0 Å². The van der Waals surface area contributed by atoms with Crippen molar-refractivity contribution in [1.82, 2.24) is 15.0 Å². The van der Waals surface area contributed by atoms with E-state index in [9.17, 15) is 0 Å². The predicted octanol–water partition coefficient (Wildman–Crippen LogP) is 5.94. The van der Waals surface area contributed by atoms with Crippen molar-refractivity contribution in [2.24, 2.45) is 0 Å². The van der Waals surface area contributed by atoms with Crippen LogP contribution < -0.4 is 0 Å². The summed E-state index contributed by atoms with van der Waals surface area (Å²) in [4.78, 5) is 5.35. The fourth-order valence-corrected chi connectivity index (χ4v) is 5.59. The lowest BCUT2D eigenvalue weighted by molar-refractivity contribution is 0.0209. The summed E-state index contributed by atoms with van der Waals surface area (Å²) in [5.74, 6) is 0.582. The normalized spacial score (nSPS) is 20.6. The Bertz CT molecular complexity index is 1090. The van der Waals surface area contributed by atoms with Crippen LogP contribution in [0.25, 0.3) is 21.7 Å². The van der Waals surface area contributed by atoms with E-state index in [1.54, 1.807) is 0 Å². The molecule has 0 bridgehead atoms. The minimum Gasteiger partial charge on any atom is -0.356 e. The summed E-state index contributed by atoms with van der Waals surface area (Å²) in [7, 11) is 0. The predicted molar refractivity (Wildman–Crippen MR) is 129 cm³/mol. The molecule has 2 aliphatic rings. The largest absolute Gasteiger partial charge is 0.356 e. The van der Waals surface area contributed by atoms with Gasteiger partial charge in [0.1, 0.15) is 0 Å². The Labute approximate surface area is 186 Å². The van der Waals surface area contributed by atoms with Crippen molar-refractivity contribution in [2.45, 2.75) is 77.3 Å². The highest BCUT2D eigenvalue weighted by Crippen LogP contribution is 2.41. The summed E-state index contributed by atoms with van der Waals surface area (Å²) >= 11 is 0. The second-order valence-electron chi connectivity index (χ2n) is 11.7. The highest BCUT2D eigenvalue weighted by atomic mass is 16.5. The smallest absolute Gasteiger partial charge is 0.168 e. The molecule has 0 unspecified atom stereocenters. The first-order chi connectivity index (χ1) is 14.6. The van der Waals surface area contributed by atoms with E-state index in [0.29, 0.717) is 11.5 Å². The first kappa shape index (κ1) is 21.0. The molecule has 1 aromatic heterocycles. The van der Waals surface area contributed by atoms with E-state index in [0.717, 1.165) is 30.4 Å². The van der Waals surface area contributed by atoms with Crippen LogP contribution in [0.1, 0.15) is 71.6 Å². The van der Waals surface area contributed by atoms with Crippen LogP contribution in [-0.2, 0) is 5.41 Å². The highest BCUT2D eigenvalue weighted by molar-refractivity contribution is 6.09. The summed E-state index contributed by atoms with van der Waals surface area (Å²) in [6.07, 6.45) is 2.58. The van der Waals surface area contributed by atoms with Gasteiger partial charge in [0.25, 0.3) is 0 Å². The van der Waals surface area contributed by atoms with Crippen LogP contribution in [-0.4, -0.2) is 52.7 Å². The van der Waals surface area contributed by atoms with Crippen LogP contribution in [0, 0.1) is 0 Å². The van der Waals surface area contributed by atoms with E-state index in [1.165, 1.54) is 47.7 Å². The molecule has 2 aliphatic heterocycles. The van der Waals surface area contributed by atoms with Gasteiger partial charge in [-0.25, -0.2) is 0 Å². The number of hydrogen-bond acceptors (Lipinski definition) is 4. The van der Waals surface area contributed by atoms with E-state index in [-0.39, 0.29) is 5.41 Å².